The summed E-state index contributed by atoms with van der Waals surface area (Å²) in [6.07, 6.45) is 22.9. The minimum absolute atomic E-state index is 1.04. The van der Waals surface area contributed by atoms with Gasteiger partial charge in [-0.2, -0.15) is 0 Å². The summed E-state index contributed by atoms with van der Waals surface area (Å²) in [5, 5.41) is 1.85. The van der Waals surface area contributed by atoms with Crippen molar-refractivity contribution in [2.45, 2.75) is 93.7 Å². The number of benzene rings is 2. The van der Waals surface area contributed by atoms with Crippen molar-refractivity contribution in [2.75, 3.05) is 0 Å². The van der Waals surface area contributed by atoms with Crippen LogP contribution in [0.25, 0.3) is 12.2 Å². The maximum absolute atomic E-state index is 2.60. The van der Waals surface area contributed by atoms with Crippen LogP contribution in [0.3, 0.4) is 0 Å². The Morgan fingerprint density at radius 3 is 1.53 bits per heavy atom. The van der Waals surface area contributed by atoms with Crippen LogP contribution in [0.2, 0.25) is 16.6 Å². The highest BCUT2D eigenvalue weighted by Gasteiger charge is 2.55. The van der Waals surface area contributed by atoms with Crippen molar-refractivity contribution in [1.29, 1.82) is 0 Å². The maximum atomic E-state index is 2.60. The van der Waals surface area contributed by atoms with Gasteiger partial charge in [-0.1, -0.05) is 149 Å². The third-order valence-corrected chi connectivity index (χ3v) is 15.9. The van der Waals surface area contributed by atoms with E-state index < -0.39 is 8.07 Å². The highest BCUT2D eigenvalue weighted by Crippen LogP contribution is 2.58. The Labute approximate surface area is 184 Å². The van der Waals surface area contributed by atoms with Gasteiger partial charge < -0.3 is 0 Å². The van der Waals surface area contributed by atoms with E-state index in [0.717, 1.165) is 16.6 Å². The van der Waals surface area contributed by atoms with Crippen molar-refractivity contribution in [3.05, 3.63) is 65.7 Å². The molecule has 2 aromatic carbocycles. The fraction of sp³-hybridized carbons (Fsp3) is 0.517. The highest BCUT2D eigenvalue weighted by atomic mass is 28.3. The molecule has 0 bridgehead atoms. The van der Waals surface area contributed by atoms with Gasteiger partial charge in [0.15, 0.2) is 0 Å². The van der Waals surface area contributed by atoms with E-state index in [2.05, 4.69) is 66.7 Å². The summed E-state index contributed by atoms with van der Waals surface area (Å²) in [7, 11) is -1.61. The van der Waals surface area contributed by atoms with Crippen LogP contribution in [-0.4, -0.2) is 8.07 Å². The van der Waals surface area contributed by atoms with E-state index in [1.165, 1.54) is 82.6 Å². The first-order valence-corrected chi connectivity index (χ1v) is 14.9. The Hall–Kier alpha value is -1.60. The van der Waals surface area contributed by atoms with E-state index >= 15 is 0 Å². The molecule has 0 amide bonds. The van der Waals surface area contributed by atoms with Crippen molar-refractivity contribution in [1.82, 2.24) is 0 Å². The van der Waals surface area contributed by atoms with Gasteiger partial charge in [0.2, 0.25) is 0 Å². The predicted molar refractivity (Wildman–Crippen MR) is 134 cm³/mol. The quantitative estimate of drug-likeness (QED) is 0.329. The van der Waals surface area contributed by atoms with Gasteiger partial charge in [-0.3, -0.25) is 0 Å². The first-order chi connectivity index (χ1) is 14.9. The zero-order chi connectivity index (χ0) is 20.2. The van der Waals surface area contributed by atoms with Gasteiger partial charge in [0.1, 0.15) is 0 Å². The van der Waals surface area contributed by atoms with Crippen molar-refractivity contribution in [3.63, 3.8) is 0 Å². The summed E-state index contributed by atoms with van der Waals surface area (Å²) in [6.45, 7) is 0. The number of hydrogen-bond acceptors (Lipinski definition) is 0. The van der Waals surface area contributed by atoms with Gasteiger partial charge in [-0.05, 0) is 27.8 Å². The van der Waals surface area contributed by atoms with Crippen molar-refractivity contribution in [2.24, 2.45) is 0 Å². The molecule has 0 saturated heterocycles. The summed E-state index contributed by atoms with van der Waals surface area (Å²) in [5.74, 6) is 0. The lowest BCUT2D eigenvalue weighted by Crippen LogP contribution is -2.58. The minimum atomic E-state index is -1.61. The second-order valence-corrected chi connectivity index (χ2v) is 15.1. The molecule has 0 nitrogen and oxygen atoms in total. The molecule has 3 saturated carbocycles. The highest BCUT2D eigenvalue weighted by molar-refractivity contribution is 6.96. The second-order valence-electron chi connectivity index (χ2n) is 10.2. The van der Waals surface area contributed by atoms with Gasteiger partial charge in [-0.15, -0.1) is 0 Å². The molecule has 0 N–H and O–H groups in total. The Bertz CT molecular complexity index is 793. The van der Waals surface area contributed by atoms with Gasteiger partial charge in [0, 0.05) is 0 Å². The summed E-state index contributed by atoms with van der Waals surface area (Å²) in [6, 6.07) is 20.6. The van der Waals surface area contributed by atoms with Crippen LogP contribution in [0, 0.1) is 0 Å². The molecule has 1 heteroatoms. The maximum Gasteiger partial charge on any atom is 0.0966 e. The Morgan fingerprint density at radius 1 is 0.533 bits per heavy atom. The van der Waals surface area contributed by atoms with Gasteiger partial charge >= 0.3 is 0 Å². The molecule has 2 aromatic rings. The smallest absolute Gasteiger partial charge is 0.0624 e. The fourth-order valence-corrected chi connectivity index (χ4v) is 16.1. The Morgan fingerprint density at radius 2 is 1.00 bits per heavy atom. The molecule has 3 aliphatic carbocycles. The van der Waals surface area contributed by atoms with Crippen LogP contribution in [0.15, 0.2) is 54.6 Å². The van der Waals surface area contributed by atoms with Gasteiger partial charge in [0.25, 0.3) is 0 Å². The van der Waals surface area contributed by atoms with Crippen molar-refractivity contribution in [3.8, 4) is 0 Å². The zero-order valence-corrected chi connectivity index (χ0v) is 19.6. The molecule has 0 aliphatic heterocycles. The van der Waals surface area contributed by atoms with E-state index in [4.69, 9.17) is 0 Å². The molecule has 0 atom stereocenters. The van der Waals surface area contributed by atoms with Crippen LogP contribution in [-0.2, 0) is 0 Å². The first kappa shape index (κ1) is 20.3. The molecule has 30 heavy (non-hydrogen) atoms. The average molecular weight is 415 g/mol. The molecule has 0 unspecified atom stereocenters. The summed E-state index contributed by atoms with van der Waals surface area (Å²) < 4.78 is 0. The largest absolute Gasteiger partial charge is 0.0966 e. The zero-order valence-electron chi connectivity index (χ0n) is 18.6. The topological polar surface area (TPSA) is 0 Å². The number of hydrogen-bond donors (Lipinski definition) is 0. The predicted octanol–water partition coefficient (Wildman–Crippen LogP) is 8.35. The van der Waals surface area contributed by atoms with Gasteiger partial charge in [0.05, 0.1) is 8.07 Å². The lowest BCUT2D eigenvalue weighted by Gasteiger charge is -2.48. The molecular formula is C29H38Si. The molecule has 3 aliphatic rings. The van der Waals surface area contributed by atoms with Crippen molar-refractivity contribution >= 4 is 25.4 Å². The molecule has 0 radical (unpaired) electrons. The molecule has 3 fully saturated rings. The molecular weight excluding hydrogens is 376 g/mol. The minimum Gasteiger partial charge on any atom is -0.0624 e. The van der Waals surface area contributed by atoms with Crippen LogP contribution in [0.5, 0.6) is 0 Å². The molecule has 5 rings (SSSR count). The van der Waals surface area contributed by atoms with Gasteiger partial charge in [-0.25, -0.2) is 0 Å². The van der Waals surface area contributed by atoms with Crippen LogP contribution in [0.1, 0.15) is 88.2 Å². The lowest BCUT2D eigenvalue weighted by atomic mass is 10.1. The summed E-state index contributed by atoms with van der Waals surface area (Å²) in [4.78, 5) is 0. The molecule has 0 spiro atoms. The summed E-state index contributed by atoms with van der Waals surface area (Å²) >= 11 is 0. The Balaban J connectivity index is 1.63. The third kappa shape index (κ3) is 3.75. The SMILES string of the molecule is C(=C\c1ccccc1[Si](C1CCCC1)(C1CCCC1)C1CCCC1)/c1ccccc1. The molecule has 158 valence electrons. The van der Waals surface area contributed by atoms with E-state index in [-0.39, 0.29) is 0 Å². The van der Waals surface area contributed by atoms with Crippen LogP contribution < -0.4 is 5.19 Å². The monoisotopic (exact) mass is 414 g/mol. The number of rotatable bonds is 6. The molecule has 0 aromatic heterocycles. The lowest BCUT2D eigenvalue weighted by molar-refractivity contribution is 0.688. The normalized spacial score (nSPS) is 21.9. The summed E-state index contributed by atoms with van der Waals surface area (Å²) in [5.41, 5.74) is 5.99. The van der Waals surface area contributed by atoms with E-state index in [9.17, 15) is 0 Å². The standard InChI is InChI=1S/C29H38Si/c1-2-12-24(13-3-1)22-23-25-14-4-11-21-29(25)30(26-15-5-6-16-26,27-17-7-8-18-27)28-19-9-10-20-28/h1-4,11-14,21-23,26-28H,5-10,15-20H2/b23-22+. The first-order valence-electron chi connectivity index (χ1n) is 12.7. The van der Waals surface area contributed by atoms with Crippen LogP contribution in [0.4, 0.5) is 0 Å². The average Bonchev–Trinajstić information content (AvgIpc) is 3.59. The van der Waals surface area contributed by atoms with E-state index in [1.54, 1.807) is 5.56 Å². The third-order valence-electron chi connectivity index (χ3n) is 8.77. The second kappa shape index (κ2) is 9.26. The van der Waals surface area contributed by atoms with Crippen LogP contribution >= 0.6 is 0 Å². The molecule has 0 heterocycles. The van der Waals surface area contributed by atoms with Crippen molar-refractivity contribution < 1.29 is 0 Å². The van der Waals surface area contributed by atoms with E-state index in [1.807, 2.05) is 5.19 Å². The van der Waals surface area contributed by atoms with E-state index in [0.29, 0.717) is 0 Å². The Kier molecular flexibility index (Phi) is 6.27. The fourth-order valence-electron chi connectivity index (χ4n) is 7.66.